The first-order valence-corrected chi connectivity index (χ1v) is 13.5. The van der Waals surface area contributed by atoms with Gasteiger partial charge in [-0.05, 0) is 66.1 Å². The van der Waals surface area contributed by atoms with Gasteiger partial charge in [0.15, 0.2) is 11.5 Å². The zero-order valence-electron chi connectivity index (χ0n) is 20.7. The van der Waals surface area contributed by atoms with Crippen LogP contribution in [0.25, 0.3) is 5.70 Å². The molecule has 7 nitrogen and oxygen atoms in total. The van der Waals surface area contributed by atoms with E-state index in [2.05, 4.69) is 0 Å². The van der Waals surface area contributed by atoms with Gasteiger partial charge in [-0.2, -0.15) is 0 Å². The molecule has 0 saturated heterocycles. The van der Waals surface area contributed by atoms with Crippen LogP contribution in [0.3, 0.4) is 0 Å². The van der Waals surface area contributed by atoms with Gasteiger partial charge in [-0.15, -0.1) is 0 Å². The van der Waals surface area contributed by atoms with Crippen molar-refractivity contribution in [3.05, 3.63) is 99.2 Å². The maximum atomic E-state index is 14.0. The fraction of sp³-hybridized carbons (Fsp3) is 0.214. The van der Waals surface area contributed by atoms with Crippen molar-refractivity contribution in [1.29, 1.82) is 0 Å². The van der Waals surface area contributed by atoms with E-state index >= 15 is 0 Å². The summed E-state index contributed by atoms with van der Waals surface area (Å²) in [6.07, 6.45) is 2.62. The molecule has 0 bridgehead atoms. The predicted molar refractivity (Wildman–Crippen MR) is 144 cm³/mol. The van der Waals surface area contributed by atoms with Crippen LogP contribution >= 0.6 is 11.6 Å². The van der Waals surface area contributed by atoms with Gasteiger partial charge in [0.25, 0.3) is 0 Å². The summed E-state index contributed by atoms with van der Waals surface area (Å²) in [5.74, 6) is 1.46. The first-order chi connectivity index (χ1) is 17.8. The number of hydrogen-bond donors (Lipinski definition) is 1. The predicted octanol–water partition coefficient (Wildman–Crippen LogP) is 4.96. The summed E-state index contributed by atoms with van der Waals surface area (Å²) in [5, 5.41) is 0.334. The van der Waals surface area contributed by atoms with Crippen LogP contribution in [0.15, 0.2) is 82.4 Å². The zero-order valence-corrected chi connectivity index (χ0v) is 22.3. The average molecular weight is 539 g/mol. The van der Waals surface area contributed by atoms with Crippen LogP contribution in [-0.4, -0.2) is 41.2 Å². The second-order valence-corrected chi connectivity index (χ2v) is 11.1. The molecular weight excluding hydrogens is 512 g/mol. The highest BCUT2D eigenvalue weighted by atomic mass is 35.5. The van der Waals surface area contributed by atoms with Crippen LogP contribution in [0.4, 0.5) is 0 Å². The molecule has 37 heavy (non-hydrogen) atoms. The van der Waals surface area contributed by atoms with Gasteiger partial charge in [-0.3, -0.25) is 0 Å². The molecule has 5 rings (SSSR count). The molecule has 0 unspecified atom stereocenters. The number of benzene rings is 3. The van der Waals surface area contributed by atoms with E-state index in [1.165, 1.54) is 12.1 Å². The third-order valence-corrected chi connectivity index (χ3v) is 8.95. The summed E-state index contributed by atoms with van der Waals surface area (Å²) >= 11 is 6.16. The van der Waals surface area contributed by atoms with Crippen molar-refractivity contribution < 1.29 is 22.6 Å². The molecule has 0 radical (unpaired) electrons. The van der Waals surface area contributed by atoms with E-state index in [0.717, 1.165) is 22.4 Å². The Morgan fingerprint density at radius 2 is 1.65 bits per heavy atom. The van der Waals surface area contributed by atoms with Crippen molar-refractivity contribution in [3.63, 3.8) is 0 Å². The number of hydrogen-bond acceptors (Lipinski definition) is 7. The molecular formula is C28H27ClN2O5S. The van der Waals surface area contributed by atoms with Crippen LogP contribution in [0.5, 0.6) is 17.2 Å². The summed E-state index contributed by atoms with van der Waals surface area (Å²) < 4.78 is 44.5. The molecule has 3 aromatic carbocycles. The summed E-state index contributed by atoms with van der Waals surface area (Å²) in [5.41, 5.74) is 10.3. The van der Waals surface area contributed by atoms with Crippen molar-refractivity contribution in [3.8, 4) is 17.2 Å². The fourth-order valence-corrected chi connectivity index (χ4v) is 6.92. The largest absolute Gasteiger partial charge is 0.497 e. The van der Waals surface area contributed by atoms with Crippen LogP contribution in [0, 0.1) is 0 Å². The number of fused-ring (bicyclic) bond motifs is 3. The Balaban J connectivity index is 1.73. The molecule has 1 atom stereocenters. The first-order valence-electron chi connectivity index (χ1n) is 11.7. The second kappa shape index (κ2) is 9.68. The lowest BCUT2D eigenvalue weighted by molar-refractivity contribution is 0.353. The number of sulfone groups is 1. The van der Waals surface area contributed by atoms with Gasteiger partial charge in [0, 0.05) is 28.7 Å². The lowest BCUT2D eigenvalue weighted by Crippen LogP contribution is -2.38. The number of allylic oxidation sites excluding steroid dienone is 2. The van der Waals surface area contributed by atoms with Gasteiger partial charge in [-0.25, -0.2) is 8.42 Å². The Morgan fingerprint density at radius 1 is 0.946 bits per heavy atom. The molecule has 2 aliphatic heterocycles. The Morgan fingerprint density at radius 3 is 2.30 bits per heavy atom. The Bertz CT molecular complexity index is 1530. The maximum Gasteiger partial charge on any atom is 0.207 e. The number of nitrogens with zero attached hydrogens (tertiary/aromatic N) is 1. The smallest absolute Gasteiger partial charge is 0.207 e. The normalized spacial score (nSPS) is 17.0. The molecule has 0 aliphatic carbocycles. The van der Waals surface area contributed by atoms with E-state index in [4.69, 9.17) is 31.5 Å². The van der Waals surface area contributed by atoms with Gasteiger partial charge in [0.1, 0.15) is 16.5 Å². The van der Waals surface area contributed by atoms with Gasteiger partial charge in [-0.1, -0.05) is 29.8 Å². The van der Waals surface area contributed by atoms with Crippen molar-refractivity contribution in [1.82, 2.24) is 4.90 Å². The summed E-state index contributed by atoms with van der Waals surface area (Å²) in [4.78, 5) is 2.08. The minimum absolute atomic E-state index is 0.0946. The minimum atomic E-state index is -3.99. The number of rotatable bonds is 6. The molecule has 2 heterocycles. The molecule has 9 heteroatoms. The number of ether oxygens (including phenoxy) is 3. The van der Waals surface area contributed by atoms with Gasteiger partial charge in [0.05, 0.1) is 26.2 Å². The lowest BCUT2D eigenvalue weighted by atomic mass is 9.88. The highest BCUT2D eigenvalue weighted by Crippen LogP contribution is 2.46. The molecule has 0 fully saturated rings. The van der Waals surface area contributed by atoms with E-state index in [0.29, 0.717) is 35.2 Å². The van der Waals surface area contributed by atoms with Crippen molar-refractivity contribution >= 4 is 27.1 Å². The van der Waals surface area contributed by atoms with Gasteiger partial charge < -0.3 is 24.8 Å². The summed E-state index contributed by atoms with van der Waals surface area (Å²) in [6.45, 7) is 0.518. The van der Waals surface area contributed by atoms with E-state index in [1.807, 2.05) is 47.4 Å². The van der Waals surface area contributed by atoms with Crippen LogP contribution in [0.2, 0.25) is 5.02 Å². The van der Waals surface area contributed by atoms with Crippen LogP contribution in [-0.2, 0) is 16.3 Å². The molecule has 2 N–H and O–H groups in total. The Labute approximate surface area is 221 Å². The monoisotopic (exact) mass is 538 g/mol. The molecule has 0 aromatic heterocycles. The highest BCUT2D eigenvalue weighted by molar-refractivity contribution is 7.95. The van der Waals surface area contributed by atoms with Crippen molar-refractivity contribution in [2.45, 2.75) is 17.2 Å². The third-order valence-electron chi connectivity index (χ3n) is 6.80. The number of nitrogens with two attached hydrogens (primary N) is 1. The SMILES string of the molecule is COc1ccc([C@@H]2C=C3c4cc(OC)c(OC)cc4CCN3C(N)=C2S(=O)(=O)c2cccc(Cl)c2)cc1. The van der Waals surface area contributed by atoms with E-state index in [9.17, 15) is 8.42 Å². The molecule has 0 amide bonds. The highest BCUT2D eigenvalue weighted by Gasteiger charge is 2.39. The summed E-state index contributed by atoms with van der Waals surface area (Å²) in [6, 6.07) is 17.5. The molecule has 192 valence electrons. The summed E-state index contributed by atoms with van der Waals surface area (Å²) in [7, 11) is 0.787. The van der Waals surface area contributed by atoms with Crippen molar-refractivity contribution in [2.75, 3.05) is 27.9 Å². The zero-order chi connectivity index (χ0) is 26.3. The lowest BCUT2D eigenvalue weighted by Gasteiger charge is -2.39. The second-order valence-electron chi connectivity index (χ2n) is 8.78. The topological polar surface area (TPSA) is 91.1 Å². The van der Waals surface area contributed by atoms with Gasteiger partial charge >= 0.3 is 0 Å². The van der Waals surface area contributed by atoms with E-state index in [1.54, 1.807) is 33.5 Å². The van der Waals surface area contributed by atoms with E-state index in [-0.39, 0.29) is 15.6 Å². The van der Waals surface area contributed by atoms with Crippen LogP contribution in [0.1, 0.15) is 22.6 Å². The molecule has 3 aromatic rings. The van der Waals surface area contributed by atoms with E-state index < -0.39 is 15.8 Å². The quantitative estimate of drug-likeness (QED) is 0.474. The minimum Gasteiger partial charge on any atom is -0.497 e. The molecule has 0 saturated carbocycles. The Kier molecular flexibility index (Phi) is 6.56. The average Bonchev–Trinajstić information content (AvgIpc) is 2.91. The number of halogens is 1. The Hall–Kier alpha value is -3.62. The first kappa shape index (κ1) is 25.0. The van der Waals surface area contributed by atoms with Crippen molar-refractivity contribution in [2.24, 2.45) is 5.73 Å². The maximum absolute atomic E-state index is 14.0. The van der Waals surface area contributed by atoms with Gasteiger partial charge in [0.2, 0.25) is 9.84 Å². The number of methoxy groups -OCH3 is 3. The molecule has 2 aliphatic rings. The fourth-order valence-electron chi connectivity index (χ4n) is 4.95. The van der Waals surface area contributed by atoms with Crippen LogP contribution < -0.4 is 19.9 Å². The third kappa shape index (κ3) is 4.30. The standard InChI is InChI=1S/C28H27ClN2O5S/c1-34-20-9-7-17(8-10-20)23-15-24-22-16-26(36-3)25(35-2)13-18(22)11-12-31(24)28(30)27(23)37(32,33)21-6-4-5-19(29)14-21/h4-10,13-16,23H,11-12,30H2,1-3H3/t23-/m0/s1. The molecule has 0 spiro atoms.